The second kappa shape index (κ2) is 7.15. The fourth-order valence-corrected chi connectivity index (χ4v) is 1.80. The maximum Gasteiger partial charge on any atom is 0.168 e. The van der Waals surface area contributed by atoms with E-state index in [4.69, 9.17) is 4.74 Å². The molecule has 0 fully saturated rings. The highest BCUT2D eigenvalue weighted by atomic mass is 16.5. The molecule has 1 aromatic heterocycles. The van der Waals surface area contributed by atoms with Gasteiger partial charge >= 0.3 is 0 Å². The molecule has 0 bridgehead atoms. The maximum absolute atomic E-state index is 5.26. The van der Waals surface area contributed by atoms with Crippen LogP contribution < -0.4 is 10.1 Å². The molecule has 1 rings (SSSR count). The van der Waals surface area contributed by atoms with Crippen molar-refractivity contribution in [1.29, 1.82) is 0 Å². The Bertz CT molecular complexity index is 326. The summed E-state index contributed by atoms with van der Waals surface area (Å²) < 4.78 is 5.26. The number of nitrogens with one attached hydrogen (secondary N) is 1. The predicted molar refractivity (Wildman–Crippen MR) is 72.6 cm³/mol. The van der Waals surface area contributed by atoms with Gasteiger partial charge < -0.3 is 10.1 Å². The molecule has 0 saturated carbocycles. The van der Waals surface area contributed by atoms with Gasteiger partial charge in [0.2, 0.25) is 0 Å². The van der Waals surface area contributed by atoms with Gasteiger partial charge in [0, 0.05) is 12.2 Å². The van der Waals surface area contributed by atoms with E-state index < -0.39 is 0 Å². The predicted octanol–water partition coefficient (Wildman–Crippen LogP) is 3.72. The summed E-state index contributed by atoms with van der Waals surface area (Å²) in [6, 6.07) is 4.24. The van der Waals surface area contributed by atoms with Gasteiger partial charge in [0.15, 0.2) is 11.6 Å². The van der Waals surface area contributed by atoms with Crippen molar-refractivity contribution in [3.63, 3.8) is 0 Å². The third-order valence-electron chi connectivity index (χ3n) is 2.79. The molecule has 0 spiro atoms. The lowest BCUT2D eigenvalue weighted by Crippen LogP contribution is -2.16. The number of aromatic nitrogens is 1. The molecule has 0 radical (unpaired) electrons. The molecule has 0 aliphatic heterocycles. The normalized spacial score (nSPS) is 12.5. The summed E-state index contributed by atoms with van der Waals surface area (Å²) in [5, 5.41) is 3.40. The zero-order chi connectivity index (χ0) is 12.7. The Labute approximate surface area is 105 Å². The highest BCUT2D eigenvalue weighted by Crippen LogP contribution is 2.21. The molecule has 0 aliphatic carbocycles. The van der Waals surface area contributed by atoms with Crippen LogP contribution in [0.15, 0.2) is 18.3 Å². The average molecular weight is 236 g/mol. The molecule has 1 atom stereocenters. The van der Waals surface area contributed by atoms with Crippen molar-refractivity contribution < 1.29 is 4.74 Å². The zero-order valence-electron chi connectivity index (χ0n) is 11.4. The Kier molecular flexibility index (Phi) is 5.81. The number of methoxy groups -OCH3 is 1. The third-order valence-corrected chi connectivity index (χ3v) is 2.79. The van der Waals surface area contributed by atoms with Crippen LogP contribution >= 0.6 is 0 Å². The minimum atomic E-state index is 0.428. The SMILES string of the molecule is COc1cccnc1NC(C)CCCC(C)C. The Balaban J connectivity index is 2.41. The van der Waals surface area contributed by atoms with Crippen molar-refractivity contribution in [2.24, 2.45) is 5.92 Å². The van der Waals surface area contributed by atoms with Gasteiger partial charge in [0.05, 0.1) is 7.11 Å². The van der Waals surface area contributed by atoms with Crippen molar-refractivity contribution in [3.05, 3.63) is 18.3 Å². The summed E-state index contributed by atoms with van der Waals surface area (Å²) in [5.74, 6) is 2.43. The maximum atomic E-state index is 5.26. The number of pyridine rings is 1. The largest absolute Gasteiger partial charge is 0.493 e. The highest BCUT2D eigenvalue weighted by Gasteiger charge is 2.07. The van der Waals surface area contributed by atoms with Gasteiger partial charge in [-0.25, -0.2) is 4.98 Å². The molecule has 3 nitrogen and oxygen atoms in total. The van der Waals surface area contributed by atoms with Crippen molar-refractivity contribution in [2.45, 2.75) is 46.1 Å². The van der Waals surface area contributed by atoms with E-state index in [1.54, 1.807) is 13.3 Å². The lowest BCUT2D eigenvalue weighted by molar-refractivity contribution is 0.414. The number of rotatable bonds is 7. The summed E-state index contributed by atoms with van der Waals surface area (Å²) in [6.07, 6.45) is 5.48. The van der Waals surface area contributed by atoms with Crippen LogP contribution in [0.4, 0.5) is 5.82 Å². The van der Waals surface area contributed by atoms with Crippen LogP contribution in [0.5, 0.6) is 5.75 Å². The van der Waals surface area contributed by atoms with E-state index in [0.717, 1.165) is 23.9 Å². The Morgan fingerprint density at radius 3 is 2.71 bits per heavy atom. The molecule has 1 heterocycles. The number of hydrogen-bond donors (Lipinski definition) is 1. The molecule has 1 N–H and O–H groups in total. The first kappa shape index (κ1) is 13.8. The van der Waals surface area contributed by atoms with Gasteiger partial charge in [-0.2, -0.15) is 0 Å². The molecule has 0 aliphatic rings. The van der Waals surface area contributed by atoms with Gasteiger partial charge in [0.25, 0.3) is 0 Å². The van der Waals surface area contributed by atoms with E-state index >= 15 is 0 Å². The van der Waals surface area contributed by atoms with Crippen LogP contribution in [0.25, 0.3) is 0 Å². The van der Waals surface area contributed by atoms with Crippen LogP contribution in [0.3, 0.4) is 0 Å². The molecular formula is C14H24N2O. The van der Waals surface area contributed by atoms with Gasteiger partial charge in [0.1, 0.15) is 0 Å². The quantitative estimate of drug-likeness (QED) is 0.783. The van der Waals surface area contributed by atoms with Crippen LogP contribution in [0.1, 0.15) is 40.0 Å². The van der Waals surface area contributed by atoms with E-state index in [2.05, 4.69) is 31.1 Å². The second-order valence-electron chi connectivity index (χ2n) is 4.92. The molecule has 1 aromatic rings. The molecule has 0 amide bonds. The van der Waals surface area contributed by atoms with Crippen molar-refractivity contribution in [1.82, 2.24) is 4.98 Å². The molecular weight excluding hydrogens is 212 g/mol. The molecule has 3 heteroatoms. The van der Waals surface area contributed by atoms with Gasteiger partial charge in [-0.3, -0.25) is 0 Å². The van der Waals surface area contributed by atoms with Crippen LogP contribution in [0.2, 0.25) is 0 Å². The van der Waals surface area contributed by atoms with Crippen molar-refractivity contribution >= 4 is 5.82 Å². The van der Waals surface area contributed by atoms with Crippen molar-refractivity contribution in [2.75, 3.05) is 12.4 Å². The minimum Gasteiger partial charge on any atom is -0.493 e. The Morgan fingerprint density at radius 1 is 1.29 bits per heavy atom. The number of nitrogens with zero attached hydrogens (tertiary/aromatic N) is 1. The van der Waals surface area contributed by atoms with E-state index in [0.29, 0.717) is 6.04 Å². The first-order valence-electron chi connectivity index (χ1n) is 6.39. The topological polar surface area (TPSA) is 34.1 Å². The summed E-state index contributed by atoms with van der Waals surface area (Å²) in [5.41, 5.74) is 0. The smallest absolute Gasteiger partial charge is 0.168 e. The number of anilines is 1. The van der Waals surface area contributed by atoms with E-state index in [1.165, 1.54) is 12.8 Å². The summed E-state index contributed by atoms with van der Waals surface area (Å²) in [7, 11) is 1.67. The Hall–Kier alpha value is -1.25. The summed E-state index contributed by atoms with van der Waals surface area (Å²) in [4.78, 5) is 4.30. The summed E-state index contributed by atoms with van der Waals surface area (Å²) >= 11 is 0. The van der Waals surface area contributed by atoms with Crippen LogP contribution in [-0.4, -0.2) is 18.1 Å². The molecule has 1 unspecified atom stereocenters. The van der Waals surface area contributed by atoms with Crippen LogP contribution in [0, 0.1) is 5.92 Å². The fraction of sp³-hybridized carbons (Fsp3) is 0.643. The van der Waals surface area contributed by atoms with Gasteiger partial charge in [-0.05, 0) is 31.4 Å². The molecule has 17 heavy (non-hydrogen) atoms. The van der Waals surface area contributed by atoms with Gasteiger partial charge in [-0.1, -0.05) is 26.7 Å². The lowest BCUT2D eigenvalue weighted by Gasteiger charge is -2.16. The van der Waals surface area contributed by atoms with Crippen LogP contribution in [-0.2, 0) is 0 Å². The first-order chi connectivity index (χ1) is 8.13. The number of hydrogen-bond acceptors (Lipinski definition) is 3. The van der Waals surface area contributed by atoms with E-state index in [9.17, 15) is 0 Å². The minimum absolute atomic E-state index is 0.428. The molecule has 0 saturated heterocycles. The monoisotopic (exact) mass is 236 g/mol. The first-order valence-corrected chi connectivity index (χ1v) is 6.39. The molecule has 0 aromatic carbocycles. The number of ether oxygens (including phenoxy) is 1. The Morgan fingerprint density at radius 2 is 2.06 bits per heavy atom. The average Bonchev–Trinajstić information content (AvgIpc) is 2.29. The van der Waals surface area contributed by atoms with Gasteiger partial charge in [-0.15, -0.1) is 0 Å². The van der Waals surface area contributed by atoms with E-state index in [-0.39, 0.29) is 0 Å². The summed E-state index contributed by atoms with van der Waals surface area (Å²) in [6.45, 7) is 6.72. The third kappa shape index (κ3) is 5.07. The zero-order valence-corrected chi connectivity index (χ0v) is 11.4. The molecule has 96 valence electrons. The van der Waals surface area contributed by atoms with E-state index in [1.807, 2.05) is 12.1 Å². The lowest BCUT2D eigenvalue weighted by atomic mass is 10.0. The fourth-order valence-electron chi connectivity index (χ4n) is 1.80. The van der Waals surface area contributed by atoms with Crippen molar-refractivity contribution in [3.8, 4) is 5.75 Å². The highest BCUT2D eigenvalue weighted by molar-refractivity contribution is 5.49. The second-order valence-corrected chi connectivity index (χ2v) is 4.92. The standard InChI is InChI=1S/C14H24N2O/c1-11(2)7-5-8-12(3)16-14-13(17-4)9-6-10-15-14/h6,9-12H,5,7-8H2,1-4H3,(H,15,16).